The van der Waals surface area contributed by atoms with Crippen LogP contribution in [0.5, 0.6) is 0 Å². The van der Waals surface area contributed by atoms with Gasteiger partial charge in [-0.2, -0.15) is 0 Å². The monoisotopic (exact) mass is 138 g/mol. The Morgan fingerprint density at radius 1 is 1.60 bits per heavy atom. The Morgan fingerprint density at radius 2 is 2.30 bits per heavy atom. The molecule has 2 heteroatoms. The highest BCUT2D eigenvalue weighted by molar-refractivity contribution is 5.21. The molecular formula is C8H14N2. The van der Waals surface area contributed by atoms with Crippen LogP contribution >= 0.6 is 0 Å². The van der Waals surface area contributed by atoms with Gasteiger partial charge in [0.2, 0.25) is 0 Å². The van der Waals surface area contributed by atoms with Crippen LogP contribution in [0.25, 0.3) is 0 Å². The minimum absolute atomic E-state index is 0.535. The molecule has 10 heavy (non-hydrogen) atoms. The molecule has 1 aliphatic rings. The summed E-state index contributed by atoms with van der Waals surface area (Å²) >= 11 is 0. The third-order valence-corrected chi connectivity index (χ3v) is 1.77. The van der Waals surface area contributed by atoms with Crippen molar-refractivity contribution in [2.24, 2.45) is 5.73 Å². The average Bonchev–Trinajstić information content (AvgIpc) is 1.88. The summed E-state index contributed by atoms with van der Waals surface area (Å²) in [4.78, 5) is 2.18. The van der Waals surface area contributed by atoms with E-state index < -0.39 is 0 Å². The highest BCUT2D eigenvalue weighted by Gasteiger charge is 2.07. The van der Waals surface area contributed by atoms with Gasteiger partial charge < -0.3 is 10.6 Å². The summed E-state index contributed by atoms with van der Waals surface area (Å²) < 4.78 is 0. The lowest BCUT2D eigenvalue weighted by atomic mass is 10.1. The first kappa shape index (κ1) is 7.35. The van der Waals surface area contributed by atoms with Crippen LogP contribution in [-0.4, -0.2) is 25.0 Å². The van der Waals surface area contributed by atoms with Gasteiger partial charge in [-0.1, -0.05) is 12.2 Å². The smallest absolute Gasteiger partial charge is 0.0311 e. The van der Waals surface area contributed by atoms with Crippen LogP contribution in [0.15, 0.2) is 23.9 Å². The molecule has 0 amide bonds. The summed E-state index contributed by atoms with van der Waals surface area (Å²) in [6.45, 7) is 0. The molecule has 0 heterocycles. The maximum absolute atomic E-state index is 5.55. The highest BCUT2D eigenvalue weighted by atomic mass is 15.1. The number of hydrogen-bond acceptors (Lipinski definition) is 2. The van der Waals surface area contributed by atoms with Crippen molar-refractivity contribution in [3.63, 3.8) is 0 Å². The minimum atomic E-state index is 0.535. The van der Waals surface area contributed by atoms with Gasteiger partial charge in [-0.15, -0.1) is 0 Å². The van der Waals surface area contributed by atoms with E-state index in [0.29, 0.717) is 6.04 Å². The topological polar surface area (TPSA) is 29.3 Å². The van der Waals surface area contributed by atoms with Crippen LogP contribution in [0, 0.1) is 0 Å². The van der Waals surface area contributed by atoms with E-state index in [9.17, 15) is 0 Å². The predicted octanol–water partition coefficient (Wildman–Crippen LogP) is 0.719. The van der Waals surface area contributed by atoms with Gasteiger partial charge in [0.1, 0.15) is 0 Å². The SMILES string of the molecule is CN(C)C1C=CC(N)=CC1. The Morgan fingerprint density at radius 3 is 2.70 bits per heavy atom. The number of allylic oxidation sites excluding steroid dienone is 1. The molecule has 0 aromatic heterocycles. The summed E-state index contributed by atoms with van der Waals surface area (Å²) in [5.74, 6) is 0. The molecule has 0 saturated carbocycles. The molecule has 0 radical (unpaired) electrons. The van der Waals surface area contributed by atoms with Crippen molar-refractivity contribution in [3.05, 3.63) is 23.9 Å². The van der Waals surface area contributed by atoms with E-state index in [1.54, 1.807) is 0 Å². The molecular weight excluding hydrogens is 124 g/mol. The van der Waals surface area contributed by atoms with Crippen molar-refractivity contribution in [1.82, 2.24) is 4.90 Å². The van der Waals surface area contributed by atoms with E-state index in [1.165, 1.54) is 0 Å². The van der Waals surface area contributed by atoms with Crippen molar-refractivity contribution < 1.29 is 0 Å². The van der Waals surface area contributed by atoms with Crippen molar-refractivity contribution in [1.29, 1.82) is 0 Å². The van der Waals surface area contributed by atoms with E-state index in [-0.39, 0.29) is 0 Å². The van der Waals surface area contributed by atoms with E-state index >= 15 is 0 Å². The Bertz CT molecular complexity index is 168. The molecule has 0 aliphatic heterocycles. The fourth-order valence-corrected chi connectivity index (χ4v) is 1.01. The van der Waals surface area contributed by atoms with Gasteiger partial charge in [0.05, 0.1) is 0 Å². The van der Waals surface area contributed by atoms with Crippen molar-refractivity contribution in [2.45, 2.75) is 12.5 Å². The molecule has 0 fully saturated rings. The zero-order valence-electron chi connectivity index (χ0n) is 6.54. The lowest BCUT2D eigenvalue weighted by molar-refractivity contribution is 0.343. The minimum Gasteiger partial charge on any atom is -0.399 e. The summed E-state index contributed by atoms with van der Waals surface area (Å²) in [5, 5.41) is 0. The molecule has 0 saturated heterocycles. The van der Waals surface area contributed by atoms with Crippen molar-refractivity contribution in [2.75, 3.05) is 14.1 Å². The fraction of sp³-hybridized carbons (Fsp3) is 0.500. The summed E-state index contributed by atoms with van der Waals surface area (Å²) in [7, 11) is 4.15. The van der Waals surface area contributed by atoms with Crippen LogP contribution in [0.4, 0.5) is 0 Å². The normalized spacial score (nSPS) is 25.1. The molecule has 0 bridgehead atoms. The van der Waals surface area contributed by atoms with Crippen LogP contribution in [-0.2, 0) is 0 Å². The van der Waals surface area contributed by atoms with Crippen molar-refractivity contribution >= 4 is 0 Å². The van der Waals surface area contributed by atoms with Gasteiger partial charge >= 0.3 is 0 Å². The number of hydrogen-bond donors (Lipinski definition) is 1. The Hall–Kier alpha value is -0.760. The molecule has 1 aliphatic carbocycles. The van der Waals surface area contributed by atoms with Crippen LogP contribution in [0.3, 0.4) is 0 Å². The first-order valence-corrected chi connectivity index (χ1v) is 3.50. The largest absolute Gasteiger partial charge is 0.399 e. The average molecular weight is 138 g/mol. The Kier molecular flexibility index (Phi) is 2.12. The highest BCUT2D eigenvalue weighted by Crippen LogP contribution is 2.09. The van der Waals surface area contributed by atoms with Gasteiger partial charge in [0.25, 0.3) is 0 Å². The number of rotatable bonds is 1. The third-order valence-electron chi connectivity index (χ3n) is 1.77. The van der Waals surface area contributed by atoms with E-state index in [2.05, 4.69) is 31.1 Å². The molecule has 56 valence electrons. The van der Waals surface area contributed by atoms with Gasteiger partial charge in [0.15, 0.2) is 0 Å². The van der Waals surface area contributed by atoms with Crippen molar-refractivity contribution in [3.8, 4) is 0 Å². The first-order valence-electron chi connectivity index (χ1n) is 3.50. The lowest BCUT2D eigenvalue weighted by Crippen LogP contribution is -2.26. The fourth-order valence-electron chi connectivity index (χ4n) is 1.01. The summed E-state index contributed by atoms with van der Waals surface area (Å²) in [5.41, 5.74) is 6.44. The Balaban J connectivity index is 2.52. The molecule has 2 nitrogen and oxygen atoms in total. The number of nitrogens with two attached hydrogens (primary N) is 1. The van der Waals surface area contributed by atoms with E-state index in [4.69, 9.17) is 5.73 Å². The van der Waals surface area contributed by atoms with Gasteiger partial charge in [0, 0.05) is 11.7 Å². The summed E-state index contributed by atoms with van der Waals surface area (Å²) in [6, 6.07) is 0.535. The lowest BCUT2D eigenvalue weighted by Gasteiger charge is -2.21. The molecule has 0 aromatic rings. The second-order valence-corrected chi connectivity index (χ2v) is 2.83. The maximum atomic E-state index is 5.55. The number of likely N-dealkylation sites (N-methyl/N-ethyl adjacent to an activating group) is 1. The molecule has 0 spiro atoms. The van der Waals surface area contributed by atoms with Gasteiger partial charge in [-0.25, -0.2) is 0 Å². The standard InChI is InChI=1S/C8H14N2/c1-10(2)8-5-3-7(9)4-6-8/h3-5,8H,6,9H2,1-2H3. The van der Waals surface area contributed by atoms with E-state index in [1.807, 2.05) is 6.08 Å². The second kappa shape index (κ2) is 2.88. The molecule has 1 rings (SSSR count). The molecule has 1 unspecified atom stereocenters. The number of nitrogens with zero attached hydrogens (tertiary/aromatic N) is 1. The Labute approximate surface area is 62.0 Å². The zero-order valence-corrected chi connectivity index (χ0v) is 6.54. The zero-order chi connectivity index (χ0) is 7.56. The quantitative estimate of drug-likeness (QED) is 0.578. The van der Waals surface area contributed by atoms with Gasteiger partial charge in [-0.05, 0) is 26.6 Å². The second-order valence-electron chi connectivity index (χ2n) is 2.83. The van der Waals surface area contributed by atoms with Crippen LogP contribution in [0.2, 0.25) is 0 Å². The molecule has 0 aromatic carbocycles. The third kappa shape index (κ3) is 1.61. The van der Waals surface area contributed by atoms with Crippen LogP contribution in [0.1, 0.15) is 6.42 Å². The molecule has 1 atom stereocenters. The molecule has 2 N–H and O–H groups in total. The summed E-state index contributed by atoms with van der Waals surface area (Å²) in [6.07, 6.45) is 7.20. The first-order chi connectivity index (χ1) is 4.70. The predicted molar refractivity (Wildman–Crippen MR) is 43.5 cm³/mol. The van der Waals surface area contributed by atoms with E-state index in [0.717, 1.165) is 12.1 Å². The van der Waals surface area contributed by atoms with Crippen LogP contribution < -0.4 is 5.73 Å². The van der Waals surface area contributed by atoms with Gasteiger partial charge in [-0.3, -0.25) is 0 Å². The maximum Gasteiger partial charge on any atom is 0.0311 e.